The third kappa shape index (κ3) is 3.97. The highest BCUT2D eigenvalue weighted by molar-refractivity contribution is 5.39. The van der Waals surface area contributed by atoms with Crippen molar-refractivity contribution in [3.05, 3.63) is 29.3 Å². The largest absolute Gasteiger partial charge is 0.496 e. The van der Waals surface area contributed by atoms with Gasteiger partial charge in [0.15, 0.2) is 0 Å². The maximum Gasteiger partial charge on any atom is 0.123 e. The Morgan fingerprint density at radius 2 is 2.20 bits per heavy atom. The van der Waals surface area contributed by atoms with E-state index in [-0.39, 0.29) is 12.1 Å². The van der Waals surface area contributed by atoms with Crippen LogP contribution in [0.3, 0.4) is 0 Å². The Morgan fingerprint density at radius 3 is 2.90 bits per heavy atom. The summed E-state index contributed by atoms with van der Waals surface area (Å²) in [5.41, 5.74) is 2.42. The smallest absolute Gasteiger partial charge is 0.123 e. The lowest BCUT2D eigenvalue weighted by Gasteiger charge is -2.27. The number of methoxy groups -OCH3 is 1. The lowest BCUT2D eigenvalue weighted by molar-refractivity contribution is 0.0998. The topological polar surface area (TPSA) is 41.5 Å². The summed E-state index contributed by atoms with van der Waals surface area (Å²) in [5.74, 6) is 1.55. The van der Waals surface area contributed by atoms with E-state index in [1.807, 2.05) is 0 Å². The Kier molecular flexibility index (Phi) is 5.44. The van der Waals surface area contributed by atoms with E-state index in [0.717, 1.165) is 31.6 Å². The fraction of sp³-hybridized carbons (Fsp3) is 0.647. The highest BCUT2D eigenvalue weighted by Gasteiger charge is 2.21. The second-order valence-electron chi connectivity index (χ2n) is 6.06. The van der Waals surface area contributed by atoms with Crippen LogP contribution in [0.4, 0.5) is 0 Å². The first kappa shape index (κ1) is 15.3. The molecule has 1 aromatic rings. The Hall–Kier alpha value is -1.06. The molecule has 0 aromatic heterocycles. The van der Waals surface area contributed by atoms with Gasteiger partial charge in [0.25, 0.3) is 0 Å². The van der Waals surface area contributed by atoms with Crippen molar-refractivity contribution in [1.82, 2.24) is 5.32 Å². The molecule has 112 valence electrons. The van der Waals surface area contributed by atoms with Gasteiger partial charge in [-0.2, -0.15) is 0 Å². The summed E-state index contributed by atoms with van der Waals surface area (Å²) < 4.78 is 5.48. The summed E-state index contributed by atoms with van der Waals surface area (Å²) in [5, 5.41) is 13.3. The van der Waals surface area contributed by atoms with Crippen molar-refractivity contribution in [3.63, 3.8) is 0 Å². The second-order valence-corrected chi connectivity index (χ2v) is 6.06. The average Bonchev–Trinajstić information content (AvgIpc) is 2.44. The molecule has 0 radical (unpaired) electrons. The van der Waals surface area contributed by atoms with Crippen LogP contribution in [0.2, 0.25) is 0 Å². The van der Waals surface area contributed by atoms with Gasteiger partial charge in [0, 0.05) is 11.6 Å². The van der Waals surface area contributed by atoms with Crippen LogP contribution in [0.25, 0.3) is 0 Å². The molecule has 1 aliphatic rings. The van der Waals surface area contributed by atoms with Crippen molar-refractivity contribution >= 4 is 0 Å². The van der Waals surface area contributed by atoms with Crippen molar-refractivity contribution in [3.8, 4) is 5.75 Å². The van der Waals surface area contributed by atoms with Gasteiger partial charge in [0.2, 0.25) is 0 Å². The fourth-order valence-electron chi connectivity index (χ4n) is 3.08. The zero-order valence-electron chi connectivity index (χ0n) is 12.9. The Labute approximate surface area is 122 Å². The van der Waals surface area contributed by atoms with Crippen molar-refractivity contribution in [1.29, 1.82) is 0 Å². The quantitative estimate of drug-likeness (QED) is 0.868. The van der Waals surface area contributed by atoms with E-state index in [2.05, 4.69) is 37.4 Å². The predicted octanol–water partition coefficient (Wildman–Crippen LogP) is 3.21. The van der Waals surface area contributed by atoms with Crippen LogP contribution in [-0.2, 0) is 0 Å². The summed E-state index contributed by atoms with van der Waals surface area (Å²) in [6.07, 6.45) is 4.18. The van der Waals surface area contributed by atoms with Crippen LogP contribution in [0.15, 0.2) is 18.2 Å². The molecule has 3 atom stereocenters. The number of benzene rings is 1. The number of nitrogens with one attached hydrogen (secondary N) is 1. The van der Waals surface area contributed by atoms with Gasteiger partial charge in [-0.25, -0.2) is 0 Å². The minimum atomic E-state index is -0.0974. The second kappa shape index (κ2) is 7.09. The number of aliphatic hydroxyl groups is 1. The van der Waals surface area contributed by atoms with Gasteiger partial charge in [-0.05, 0) is 57.2 Å². The van der Waals surface area contributed by atoms with Crippen molar-refractivity contribution in [2.45, 2.75) is 51.7 Å². The summed E-state index contributed by atoms with van der Waals surface area (Å²) in [7, 11) is 1.72. The third-order valence-corrected chi connectivity index (χ3v) is 4.32. The number of rotatable bonds is 5. The predicted molar refractivity (Wildman–Crippen MR) is 82.1 cm³/mol. The van der Waals surface area contributed by atoms with Crippen LogP contribution in [-0.4, -0.2) is 24.9 Å². The van der Waals surface area contributed by atoms with Crippen molar-refractivity contribution in [2.24, 2.45) is 5.92 Å². The SMILES string of the molecule is COc1cc(C)ccc1C(C)NCC1CCCC(O)C1. The molecule has 0 spiro atoms. The molecule has 0 bridgehead atoms. The van der Waals surface area contributed by atoms with E-state index in [9.17, 15) is 5.11 Å². The van der Waals surface area contributed by atoms with E-state index in [0.29, 0.717) is 5.92 Å². The molecule has 1 aromatic carbocycles. The van der Waals surface area contributed by atoms with E-state index in [4.69, 9.17) is 4.74 Å². The van der Waals surface area contributed by atoms with Gasteiger partial charge in [-0.15, -0.1) is 0 Å². The van der Waals surface area contributed by atoms with Gasteiger partial charge in [-0.1, -0.05) is 18.6 Å². The van der Waals surface area contributed by atoms with Crippen molar-refractivity contribution in [2.75, 3.05) is 13.7 Å². The highest BCUT2D eigenvalue weighted by Crippen LogP contribution is 2.28. The molecule has 3 unspecified atom stereocenters. The summed E-state index contributed by atoms with van der Waals surface area (Å²) in [6, 6.07) is 6.62. The number of aryl methyl sites for hydroxylation is 1. The van der Waals surface area contributed by atoms with Gasteiger partial charge in [-0.3, -0.25) is 0 Å². The third-order valence-electron chi connectivity index (χ3n) is 4.32. The fourth-order valence-corrected chi connectivity index (χ4v) is 3.08. The minimum absolute atomic E-state index is 0.0974. The Bertz CT molecular complexity index is 433. The minimum Gasteiger partial charge on any atom is -0.496 e. The molecule has 1 aliphatic carbocycles. The van der Waals surface area contributed by atoms with Gasteiger partial charge in [0.1, 0.15) is 5.75 Å². The molecular formula is C17H27NO2. The first-order valence-corrected chi connectivity index (χ1v) is 7.66. The van der Waals surface area contributed by atoms with E-state index in [1.54, 1.807) is 7.11 Å². The van der Waals surface area contributed by atoms with Crippen LogP contribution in [0.5, 0.6) is 5.75 Å². The normalized spacial score (nSPS) is 24.4. The maximum atomic E-state index is 9.73. The van der Waals surface area contributed by atoms with Gasteiger partial charge >= 0.3 is 0 Å². The molecule has 3 heteroatoms. The van der Waals surface area contributed by atoms with Crippen molar-refractivity contribution < 1.29 is 9.84 Å². The molecule has 0 aliphatic heterocycles. The lowest BCUT2D eigenvalue weighted by atomic mass is 9.87. The average molecular weight is 277 g/mol. The van der Waals surface area contributed by atoms with Crippen LogP contribution >= 0.6 is 0 Å². The molecule has 0 amide bonds. The zero-order valence-corrected chi connectivity index (χ0v) is 12.9. The zero-order chi connectivity index (χ0) is 14.5. The molecular weight excluding hydrogens is 250 g/mol. The number of ether oxygens (including phenoxy) is 1. The summed E-state index contributed by atoms with van der Waals surface area (Å²) in [4.78, 5) is 0. The summed E-state index contributed by atoms with van der Waals surface area (Å²) >= 11 is 0. The highest BCUT2D eigenvalue weighted by atomic mass is 16.5. The van der Waals surface area contributed by atoms with Crippen LogP contribution < -0.4 is 10.1 Å². The molecule has 1 saturated carbocycles. The summed E-state index contributed by atoms with van der Waals surface area (Å²) in [6.45, 7) is 5.22. The van der Waals surface area contributed by atoms with E-state index in [1.165, 1.54) is 17.5 Å². The lowest BCUT2D eigenvalue weighted by Crippen LogP contribution is -2.30. The van der Waals surface area contributed by atoms with E-state index < -0.39 is 0 Å². The number of aliphatic hydroxyl groups excluding tert-OH is 1. The molecule has 20 heavy (non-hydrogen) atoms. The number of hydrogen-bond acceptors (Lipinski definition) is 3. The molecule has 0 saturated heterocycles. The maximum absolute atomic E-state index is 9.73. The Balaban J connectivity index is 1.92. The molecule has 0 heterocycles. The molecule has 1 fully saturated rings. The Morgan fingerprint density at radius 1 is 1.40 bits per heavy atom. The van der Waals surface area contributed by atoms with Crippen LogP contribution in [0, 0.1) is 12.8 Å². The van der Waals surface area contributed by atoms with E-state index >= 15 is 0 Å². The number of hydrogen-bond donors (Lipinski definition) is 2. The standard InChI is InChI=1S/C17H27NO2/c1-12-7-8-16(17(9-12)20-3)13(2)18-11-14-5-4-6-15(19)10-14/h7-9,13-15,18-19H,4-6,10-11H2,1-3H3. The molecule has 3 nitrogen and oxygen atoms in total. The first-order valence-electron chi connectivity index (χ1n) is 7.66. The first-order chi connectivity index (χ1) is 9.60. The monoisotopic (exact) mass is 277 g/mol. The van der Waals surface area contributed by atoms with Gasteiger partial charge < -0.3 is 15.2 Å². The van der Waals surface area contributed by atoms with Gasteiger partial charge in [0.05, 0.1) is 13.2 Å². The molecule has 2 rings (SSSR count). The molecule has 2 N–H and O–H groups in total. The van der Waals surface area contributed by atoms with Crippen LogP contribution in [0.1, 0.15) is 49.8 Å².